The van der Waals surface area contributed by atoms with Gasteiger partial charge in [0.1, 0.15) is 5.60 Å². The van der Waals surface area contributed by atoms with E-state index < -0.39 is 5.60 Å². The molecular formula is C20H30N2O2. The fraction of sp³-hybridized carbons (Fsp3) is 0.650. The van der Waals surface area contributed by atoms with Gasteiger partial charge in [0.25, 0.3) is 0 Å². The number of hydrogen-bond acceptors (Lipinski definition) is 3. The molecule has 2 aliphatic heterocycles. The quantitative estimate of drug-likeness (QED) is 0.851. The number of piperidine rings is 1. The molecule has 1 aromatic carbocycles. The van der Waals surface area contributed by atoms with E-state index in [2.05, 4.69) is 23.5 Å². The highest BCUT2D eigenvalue weighted by Crippen LogP contribution is 2.30. The van der Waals surface area contributed by atoms with Crippen LogP contribution >= 0.6 is 0 Å². The van der Waals surface area contributed by atoms with Crippen molar-refractivity contribution in [3.05, 3.63) is 34.9 Å². The lowest BCUT2D eigenvalue weighted by atomic mass is 9.88. The van der Waals surface area contributed by atoms with Crippen LogP contribution in [-0.2, 0) is 17.7 Å². The molecule has 2 aliphatic rings. The van der Waals surface area contributed by atoms with Gasteiger partial charge >= 0.3 is 6.09 Å². The topological polar surface area (TPSA) is 41.6 Å². The monoisotopic (exact) mass is 330 g/mol. The van der Waals surface area contributed by atoms with Crippen LogP contribution in [0.5, 0.6) is 0 Å². The molecule has 0 saturated carbocycles. The van der Waals surface area contributed by atoms with E-state index in [0.29, 0.717) is 5.92 Å². The summed E-state index contributed by atoms with van der Waals surface area (Å²) in [5.41, 5.74) is 3.85. The summed E-state index contributed by atoms with van der Waals surface area (Å²) in [6, 6.07) is 6.91. The lowest BCUT2D eigenvalue weighted by Gasteiger charge is -2.34. The van der Waals surface area contributed by atoms with E-state index >= 15 is 0 Å². The van der Waals surface area contributed by atoms with Crippen molar-refractivity contribution >= 4 is 6.09 Å². The molecule has 0 spiro atoms. The summed E-state index contributed by atoms with van der Waals surface area (Å²) in [6.45, 7) is 9.42. The summed E-state index contributed by atoms with van der Waals surface area (Å²) in [6.07, 6.45) is 4.37. The second-order valence-corrected chi connectivity index (χ2v) is 8.07. The third-order valence-corrected chi connectivity index (χ3v) is 4.89. The van der Waals surface area contributed by atoms with E-state index in [-0.39, 0.29) is 6.09 Å². The molecule has 1 amide bonds. The second kappa shape index (κ2) is 7.14. The molecule has 132 valence electrons. The van der Waals surface area contributed by atoms with Crippen LogP contribution in [0.15, 0.2) is 18.2 Å². The van der Waals surface area contributed by atoms with E-state index in [1.54, 1.807) is 0 Å². The predicted molar refractivity (Wildman–Crippen MR) is 96.3 cm³/mol. The maximum absolute atomic E-state index is 12.4. The number of likely N-dealkylation sites (tertiary alicyclic amines) is 1. The Morgan fingerprint density at radius 3 is 2.88 bits per heavy atom. The summed E-state index contributed by atoms with van der Waals surface area (Å²) >= 11 is 0. The first kappa shape index (κ1) is 17.3. The minimum Gasteiger partial charge on any atom is -0.444 e. The summed E-state index contributed by atoms with van der Waals surface area (Å²) < 4.78 is 5.55. The largest absolute Gasteiger partial charge is 0.444 e. The van der Waals surface area contributed by atoms with Crippen LogP contribution in [0.3, 0.4) is 0 Å². The number of benzene rings is 1. The highest BCUT2D eigenvalue weighted by Gasteiger charge is 2.28. The van der Waals surface area contributed by atoms with Crippen LogP contribution in [-0.4, -0.2) is 36.2 Å². The smallest absolute Gasteiger partial charge is 0.410 e. The van der Waals surface area contributed by atoms with Gasteiger partial charge in [-0.25, -0.2) is 4.79 Å². The molecule has 1 saturated heterocycles. The number of ether oxygens (including phenoxy) is 1. The third-order valence-electron chi connectivity index (χ3n) is 4.89. The minimum absolute atomic E-state index is 0.175. The van der Waals surface area contributed by atoms with Crippen molar-refractivity contribution in [2.75, 3.05) is 19.6 Å². The van der Waals surface area contributed by atoms with Crippen LogP contribution < -0.4 is 5.32 Å². The average Bonchev–Trinajstić information content (AvgIpc) is 2.78. The van der Waals surface area contributed by atoms with Crippen LogP contribution in [0.1, 0.15) is 62.6 Å². The van der Waals surface area contributed by atoms with Gasteiger partial charge in [-0.1, -0.05) is 18.2 Å². The zero-order chi connectivity index (χ0) is 17.2. The molecule has 1 unspecified atom stereocenters. The molecule has 0 radical (unpaired) electrons. The van der Waals surface area contributed by atoms with Crippen molar-refractivity contribution in [2.24, 2.45) is 0 Å². The first-order valence-corrected chi connectivity index (χ1v) is 9.23. The number of nitrogens with one attached hydrogen (secondary N) is 1. The van der Waals surface area contributed by atoms with Gasteiger partial charge in [0.05, 0.1) is 0 Å². The number of nitrogens with zero attached hydrogens (tertiary/aromatic N) is 1. The van der Waals surface area contributed by atoms with Gasteiger partial charge in [-0.3, -0.25) is 0 Å². The van der Waals surface area contributed by atoms with Crippen LogP contribution in [0.2, 0.25) is 0 Å². The summed E-state index contributed by atoms with van der Waals surface area (Å²) in [5.74, 6) is 0.424. The van der Waals surface area contributed by atoms with E-state index in [4.69, 9.17) is 4.74 Å². The lowest BCUT2D eigenvalue weighted by molar-refractivity contribution is 0.0198. The van der Waals surface area contributed by atoms with Gasteiger partial charge in [0.15, 0.2) is 0 Å². The zero-order valence-electron chi connectivity index (χ0n) is 15.2. The van der Waals surface area contributed by atoms with Crippen molar-refractivity contribution < 1.29 is 9.53 Å². The van der Waals surface area contributed by atoms with Gasteiger partial charge in [0.2, 0.25) is 0 Å². The fourth-order valence-electron chi connectivity index (χ4n) is 3.67. The van der Waals surface area contributed by atoms with Gasteiger partial charge in [-0.15, -0.1) is 0 Å². The van der Waals surface area contributed by atoms with Gasteiger partial charge < -0.3 is 15.0 Å². The van der Waals surface area contributed by atoms with E-state index in [1.807, 2.05) is 25.7 Å². The first-order chi connectivity index (χ1) is 11.4. The van der Waals surface area contributed by atoms with E-state index in [0.717, 1.165) is 45.4 Å². The zero-order valence-corrected chi connectivity index (χ0v) is 15.2. The van der Waals surface area contributed by atoms with Crippen molar-refractivity contribution in [2.45, 2.75) is 64.5 Å². The van der Waals surface area contributed by atoms with Crippen molar-refractivity contribution in [1.82, 2.24) is 10.2 Å². The van der Waals surface area contributed by atoms with Crippen molar-refractivity contribution in [3.8, 4) is 0 Å². The van der Waals surface area contributed by atoms with Crippen LogP contribution in [0.25, 0.3) is 0 Å². The summed E-state index contributed by atoms with van der Waals surface area (Å²) in [4.78, 5) is 14.2. The van der Waals surface area contributed by atoms with Gasteiger partial charge in [-0.05, 0) is 69.7 Å². The molecule has 0 bridgehead atoms. The number of hydrogen-bond donors (Lipinski definition) is 1. The number of rotatable bonds is 1. The van der Waals surface area contributed by atoms with Crippen molar-refractivity contribution in [3.63, 3.8) is 0 Å². The van der Waals surface area contributed by atoms with Crippen LogP contribution in [0, 0.1) is 0 Å². The molecular weight excluding hydrogens is 300 g/mol. The van der Waals surface area contributed by atoms with Crippen LogP contribution in [0.4, 0.5) is 4.79 Å². The van der Waals surface area contributed by atoms with Gasteiger partial charge in [0, 0.05) is 25.6 Å². The first-order valence-electron chi connectivity index (χ1n) is 9.23. The summed E-state index contributed by atoms with van der Waals surface area (Å²) in [7, 11) is 0. The number of carbonyl (C=O) groups is 1. The van der Waals surface area contributed by atoms with Crippen molar-refractivity contribution in [1.29, 1.82) is 0 Å². The molecule has 2 heterocycles. The highest BCUT2D eigenvalue weighted by molar-refractivity contribution is 5.68. The number of carbonyl (C=O) groups excluding carboxylic acids is 1. The Balaban J connectivity index is 1.70. The Hall–Kier alpha value is -1.55. The third kappa shape index (κ3) is 4.29. The molecule has 3 rings (SSSR count). The number of aryl methyl sites for hydroxylation is 1. The molecule has 0 aromatic heterocycles. The Labute approximate surface area is 145 Å². The highest BCUT2D eigenvalue weighted by atomic mass is 16.6. The van der Waals surface area contributed by atoms with Gasteiger partial charge in [-0.2, -0.15) is 0 Å². The SMILES string of the molecule is CC(C)(C)OC(=O)N1CCCC(c2ccc3c(c2)CCCNC3)C1. The molecule has 4 nitrogen and oxygen atoms in total. The summed E-state index contributed by atoms with van der Waals surface area (Å²) in [5, 5.41) is 3.48. The normalized spacial score (nSPS) is 21.8. The predicted octanol–water partition coefficient (Wildman–Crippen LogP) is 3.84. The molecule has 0 aliphatic carbocycles. The fourth-order valence-corrected chi connectivity index (χ4v) is 3.67. The maximum Gasteiger partial charge on any atom is 0.410 e. The molecule has 1 atom stereocenters. The molecule has 1 aromatic rings. The second-order valence-electron chi connectivity index (χ2n) is 8.07. The molecule has 24 heavy (non-hydrogen) atoms. The number of amides is 1. The number of fused-ring (bicyclic) bond motifs is 1. The molecule has 1 N–H and O–H groups in total. The minimum atomic E-state index is -0.429. The maximum atomic E-state index is 12.4. The Bertz CT molecular complexity index is 592. The average molecular weight is 330 g/mol. The molecule has 1 fully saturated rings. The Kier molecular flexibility index (Phi) is 5.14. The standard InChI is InChI=1S/C20H30N2O2/c1-20(2,3)24-19(23)22-11-5-7-18(14-22)16-8-9-17-13-21-10-4-6-15(17)12-16/h8-9,12,18,21H,4-7,10-11,13-14H2,1-3H3. The Morgan fingerprint density at radius 2 is 2.08 bits per heavy atom. The van der Waals surface area contributed by atoms with E-state index in [1.165, 1.54) is 23.1 Å². The Morgan fingerprint density at radius 1 is 1.25 bits per heavy atom. The van der Waals surface area contributed by atoms with E-state index in [9.17, 15) is 4.79 Å². The lowest BCUT2D eigenvalue weighted by Crippen LogP contribution is -2.42. The molecule has 4 heteroatoms.